The van der Waals surface area contributed by atoms with Gasteiger partial charge in [0.05, 0.1) is 12.7 Å². The Morgan fingerprint density at radius 2 is 1.94 bits per heavy atom. The Hall–Kier alpha value is -0.340. The maximum absolute atomic E-state index is 12.1. The molecule has 1 heterocycles. The van der Waals surface area contributed by atoms with Gasteiger partial charge in [-0.05, 0) is 0 Å². The first-order valence-corrected chi connectivity index (χ1v) is 5.72. The number of hydrogen-bond acceptors (Lipinski definition) is 5. The van der Waals surface area contributed by atoms with Crippen LogP contribution in [0.15, 0.2) is 0 Å². The van der Waals surface area contributed by atoms with Crippen molar-refractivity contribution in [2.45, 2.75) is 37.4 Å². The molecule has 108 valence electrons. The van der Waals surface area contributed by atoms with Crippen LogP contribution in [0, 0.1) is 0 Å². The van der Waals surface area contributed by atoms with Crippen molar-refractivity contribution in [1.29, 1.82) is 0 Å². The summed E-state index contributed by atoms with van der Waals surface area (Å²) in [7, 11) is 4.61. The SMILES string of the molecule is COC[C@H]1O[C@@H](OCC(F)F)C[C@@H](OC)[C@@H]1OC. The smallest absolute Gasteiger partial charge is 0.261 e. The highest BCUT2D eigenvalue weighted by molar-refractivity contribution is 4.85. The minimum Gasteiger partial charge on any atom is -0.382 e. The number of halogens is 2. The molecule has 0 N–H and O–H groups in total. The Labute approximate surface area is 105 Å². The summed E-state index contributed by atoms with van der Waals surface area (Å²) in [6.07, 6.45) is -3.87. The fraction of sp³-hybridized carbons (Fsp3) is 1.00. The van der Waals surface area contributed by atoms with Crippen molar-refractivity contribution in [2.24, 2.45) is 0 Å². The highest BCUT2D eigenvalue weighted by Gasteiger charge is 2.39. The van der Waals surface area contributed by atoms with Gasteiger partial charge in [-0.1, -0.05) is 0 Å². The molecule has 0 aromatic rings. The van der Waals surface area contributed by atoms with Crippen molar-refractivity contribution in [1.82, 2.24) is 0 Å². The van der Waals surface area contributed by atoms with Crippen LogP contribution in [-0.2, 0) is 23.7 Å². The topological polar surface area (TPSA) is 46.2 Å². The lowest BCUT2D eigenvalue weighted by atomic mass is 10.0. The van der Waals surface area contributed by atoms with Gasteiger partial charge in [-0.15, -0.1) is 0 Å². The summed E-state index contributed by atoms with van der Waals surface area (Å²) in [5.74, 6) is 0. The van der Waals surface area contributed by atoms with Crippen LogP contribution in [0.5, 0.6) is 0 Å². The number of ether oxygens (including phenoxy) is 5. The van der Waals surface area contributed by atoms with E-state index in [9.17, 15) is 8.78 Å². The predicted octanol–water partition coefficient (Wildman–Crippen LogP) is 1.06. The highest BCUT2D eigenvalue weighted by atomic mass is 19.3. The summed E-state index contributed by atoms with van der Waals surface area (Å²) < 4.78 is 50.3. The first-order valence-electron chi connectivity index (χ1n) is 5.72. The lowest BCUT2D eigenvalue weighted by Gasteiger charge is -2.39. The maximum Gasteiger partial charge on any atom is 0.261 e. The second-order valence-electron chi connectivity index (χ2n) is 3.99. The van der Waals surface area contributed by atoms with Crippen LogP contribution in [0.3, 0.4) is 0 Å². The van der Waals surface area contributed by atoms with Crippen LogP contribution in [0.25, 0.3) is 0 Å². The molecule has 0 aromatic heterocycles. The zero-order chi connectivity index (χ0) is 13.5. The molecule has 18 heavy (non-hydrogen) atoms. The van der Waals surface area contributed by atoms with Crippen LogP contribution in [0.4, 0.5) is 8.78 Å². The zero-order valence-corrected chi connectivity index (χ0v) is 10.8. The largest absolute Gasteiger partial charge is 0.382 e. The van der Waals surface area contributed by atoms with Gasteiger partial charge in [-0.25, -0.2) is 8.78 Å². The molecule has 0 aromatic carbocycles. The third-order valence-corrected chi connectivity index (χ3v) is 2.80. The van der Waals surface area contributed by atoms with E-state index in [1.54, 1.807) is 7.11 Å². The van der Waals surface area contributed by atoms with Crippen molar-refractivity contribution < 1.29 is 32.5 Å². The number of hydrogen-bond donors (Lipinski definition) is 0. The van der Waals surface area contributed by atoms with Gasteiger partial charge in [-0.2, -0.15) is 0 Å². The molecule has 0 aliphatic carbocycles. The normalized spacial score (nSPS) is 33.0. The van der Waals surface area contributed by atoms with Crippen LogP contribution < -0.4 is 0 Å². The summed E-state index contributed by atoms with van der Waals surface area (Å²) in [6.45, 7) is -0.370. The van der Waals surface area contributed by atoms with E-state index in [-0.39, 0.29) is 18.8 Å². The lowest BCUT2D eigenvalue weighted by molar-refractivity contribution is -0.271. The molecule has 0 amide bonds. The van der Waals surface area contributed by atoms with Crippen LogP contribution in [0.1, 0.15) is 6.42 Å². The van der Waals surface area contributed by atoms with E-state index in [1.807, 2.05) is 0 Å². The van der Waals surface area contributed by atoms with Gasteiger partial charge >= 0.3 is 0 Å². The van der Waals surface area contributed by atoms with E-state index >= 15 is 0 Å². The van der Waals surface area contributed by atoms with Crippen LogP contribution in [0.2, 0.25) is 0 Å². The Kier molecular flexibility index (Phi) is 6.95. The Bertz CT molecular complexity index is 229. The lowest BCUT2D eigenvalue weighted by Crippen LogP contribution is -2.52. The molecule has 0 bridgehead atoms. The van der Waals surface area contributed by atoms with Gasteiger partial charge in [0.1, 0.15) is 18.8 Å². The monoisotopic (exact) mass is 270 g/mol. The fourth-order valence-corrected chi connectivity index (χ4v) is 2.01. The predicted molar refractivity (Wildman–Crippen MR) is 58.7 cm³/mol. The average molecular weight is 270 g/mol. The molecule has 0 unspecified atom stereocenters. The van der Waals surface area contributed by atoms with Crippen molar-refractivity contribution in [2.75, 3.05) is 34.5 Å². The molecule has 5 nitrogen and oxygen atoms in total. The highest BCUT2D eigenvalue weighted by Crippen LogP contribution is 2.25. The average Bonchev–Trinajstić information content (AvgIpc) is 2.36. The van der Waals surface area contributed by atoms with Gasteiger partial charge < -0.3 is 23.7 Å². The molecular formula is C11H20F2O5. The third-order valence-electron chi connectivity index (χ3n) is 2.80. The van der Waals surface area contributed by atoms with Gasteiger partial charge in [0.2, 0.25) is 0 Å². The maximum atomic E-state index is 12.1. The van der Waals surface area contributed by atoms with Crippen molar-refractivity contribution >= 4 is 0 Å². The summed E-state index contributed by atoms with van der Waals surface area (Å²) >= 11 is 0. The molecular weight excluding hydrogens is 250 g/mol. The fourth-order valence-electron chi connectivity index (χ4n) is 2.01. The second-order valence-corrected chi connectivity index (χ2v) is 3.99. The van der Waals surface area contributed by atoms with E-state index in [2.05, 4.69) is 0 Å². The molecule has 4 atom stereocenters. The first-order chi connectivity index (χ1) is 8.62. The van der Waals surface area contributed by atoms with Crippen LogP contribution in [-0.4, -0.2) is 65.6 Å². The van der Waals surface area contributed by atoms with Gasteiger partial charge in [0.15, 0.2) is 6.29 Å². The van der Waals surface area contributed by atoms with Gasteiger partial charge in [0.25, 0.3) is 6.43 Å². The Morgan fingerprint density at radius 1 is 1.22 bits per heavy atom. The summed E-state index contributed by atoms with van der Waals surface area (Å²) in [6, 6.07) is 0. The van der Waals surface area contributed by atoms with E-state index in [0.29, 0.717) is 6.42 Å². The van der Waals surface area contributed by atoms with E-state index < -0.39 is 25.4 Å². The minimum atomic E-state index is -2.52. The van der Waals surface area contributed by atoms with E-state index in [0.717, 1.165) is 0 Å². The summed E-state index contributed by atoms with van der Waals surface area (Å²) in [5, 5.41) is 0. The van der Waals surface area contributed by atoms with E-state index in [1.165, 1.54) is 14.2 Å². The van der Waals surface area contributed by atoms with Crippen molar-refractivity contribution in [3.63, 3.8) is 0 Å². The minimum absolute atomic E-state index is 0.272. The van der Waals surface area contributed by atoms with E-state index in [4.69, 9.17) is 23.7 Å². The third kappa shape index (κ3) is 4.40. The molecule has 1 aliphatic heterocycles. The van der Waals surface area contributed by atoms with Gasteiger partial charge in [-0.3, -0.25) is 0 Å². The molecule has 1 aliphatic rings. The zero-order valence-electron chi connectivity index (χ0n) is 10.8. The Balaban J connectivity index is 2.58. The van der Waals surface area contributed by atoms with Crippen molar-refractivity contribution in [3.8, 4) is 0 Å². The van der Waals surface area contributed by atoms with Crippen LogP contribution >= 0.6 is 0 Å². The summed E-state index contributed by atoms with van der Waals surface area (Å²) in [5.41, 5.74) is 0. The molecule has 7 heteroatoms. The molecule has 1 saturated heterocycles. The molecule has 0 spiro atoms. The number of methoxy groups -OCH3 is 3. The molecule has 1 rings (SSSR count). The summed E-state index contributed by atoms with van der Waals surface area (Å²) in [4.78, 5) is 0. The standard InChI is InChI=1S/C11H20F2O5/c1-14-5-8-11(16-3)7(15-2)4-10(18-8)17-6-9(12)13/h7-11H,4-6H2,1-3H3/t7-,8-,10-,11+/m1/s1. The molecule has 0 saturated carbocycles. The first kappa shape index (κ1) is 15.7. The van der Waals surface area contributed by atoms with Crippen molar-refractivity contribution in [3.05, 3.63) is 0 Å². The number of alkyl halides is 2. The quantitative estimate of drug-likeness (QED) is 0.692. The Morgan fingerprint density at radius 3 is 2.44 bits per heavy atom. The molecule has 1 fully saturated rings. The number of rotatable bonds is 7. The second kappa shape index (κ2) is 7.96. The molecule has 0 radical (unpaired) electrons. The van der Waals surface area contributed by atoms with Gasteiger partial charge in [0, 0.05) is 27.8 Å².